The number of aromatic nitrogens is 3. The van der Waals surface area contributed by atoms with Crippen LogP contribution in [0.25, 0.3) is 0 Å². The standard InChI is InChI=1S/C11H6F5N3O2/c12-6-2-1-3-7(13)5(6)4-19-9(11(14,15)16)8(10(20)21)17-18-19/h1-3H,4H2,(H,20,21). The van der Waals surface area contributed by atoms with Crippen molar-refractivity contribution in [3.63, 3.8) is 0 Å². The smallest absolute Gasteiger partial charge is 0.435 e. The lowest BCUT2D eigenvalue weighted by atomic mass is 10.2. The van der Waals surface area contributed by atoms with Crippen molar-refractivity contribution in [3.8, 4) is 0 Å². The molecule has 0 aliphatic carbocycles. The van der Waals surface area contributed by atoms with Gasteiger partial charge in [-0.2, -0.15) is 13.2 Å². The second-order valence-corrected chi connectivity index (χ2v) is 3.95. The number of benzene rings is 1. The Hall–Kier alpha value is -2.52. The zero-order chi connectivity index (χ0) is 15.8. The third kappa shape index (κ3) is 2.83. The van der Waals surface area contributed by atoms with E-state index in [2.05, 4.69) is 10.3 Å². The number of hydrogen-bond donors (Lipinski definition) is 1. The number of aromatic carboxylic acids is 1. The van der Waals surface area contributed by atoms with Crippen molar-refractivity contribution in [1.29, 1.82) is 0 Å². The minimum atomic E-state index is -5.08. The number of carboxylic acid groups (broad SMARTS) is 1. The summed E-state index contributed by atoms with van der Waals surface area (Å²) in [5.41, 5.74) is -3.69. The van der Waals surface area contributed by atoms with Crippen molar-refractivity contribution in [1.82, 2.24) is 15.0 Å². The first-order chi connectivity index (χ1) is 9.71. The van der Waals surface area contributed by atoms with Crippen LogP contribution in [0.1, 0.15) is 21.7 Å². The molecule has 0 unspecified atom stereocenters. The van der Waals surface area contributed by atoms with Gasteiger partial charge in [0.05, 0.1) is 6.54 Å². The van der Waals surface area contributed by atoms with Crippen LogP contribution in [-0.4, -0.2) is 26.1 Å². The molecule has 1 aromatic heterocycles. The Morgan fingerprint density at radius 3 is 2.29 bits per heavy atom. The summed E-state index contributed by atoms with van der Waals surface area (Å²) < 4.78 is 65.5. The molecule has 0 amide bonds. The van der Waals surface area contributed by atoms with E-state index in [0.717, 1.165) is 18.2 Å². The van der Waals surface area contributed by atoms with Crippen LogP contribution in [0.2, 0.25) is 0 Å². The number of nitrogens with zero attached hydrogens (tertiary/aromatic N) is 3. The molecule has 1 heterocycles. The molecule has 1 N–H and O–H groups in total. The molecule has 0 fully saturated rings. The minimum absolute atomic E-state index is 0.102. The molecule has 0 radical (unpaired) electrons. The van der Waals surface area contributed by atoms with Crippen LogP contribution >= 0.6 is 0 Å². The van der Waals surface area contributed by atoms with E-state index in [9.17, 15) is 26.7 Å². The van der Waals surface area contributed by atoms with Crippen LogP contribution in [-0.2, 0) is 12.7 Å². The third-order valence-corrected chi connectivity index (χ3v) is 2.58. The Balaban J connectivity index is 2.53. The highest BCUT2D eigenvalue weighted by molar-refractivity contribution is 5.86. The second kappa shape index (κ2) is 5.11. The maximum atomic E-state index is 13.4. The molecule has 1 aromatic carbocycles. The molecule has 0 aliphatic rings. The van der Waals surface area contributed by atoms with E-state index in [1.54, 1.807) is 0 Å². The Morgan fingerprint density at radius 1 is 1.24 bits per heavy atom. The van der Waals surface area contributed by atoms with Gasteiger partial charge < -0.3 is 5.11 Å². The van der Waals surface area contributed by atoms with Crippen molar-refractivity contribution >= 4 is 5.97 Å². The molecule has 10 heteroatoms. The molecular formula is C11H6F5N3O2. The van der Waals surface area contributed by atoms with Gasteiger partial charge >= 0.3 is 12.1 Å². The predicted octanol–water partition coefficient (Wildman–Crippen LogP) is 2.32. The van der Waals surface area contributed by atoms with Crippen LogP contribution < -0.4 is 0 Å². The molecule has 0 saturated heterocycles. The summed E-state index contributed by atoms with van der Waals surface area (Å²) in [6.45, 7) is -0.937. The number of hydrogen-bond acceptors (Lipinski definition) is 3. The highest BCUT2D eigenvalue weighted by Gasteiger charge is 2.41. The van der Waals surface area contributed by atoms with E-state index in [1.165, 1.54) is 0 Å². The van der Waals surface area contributed by atoms with Gasteiger partial charge in [-0.25, -0.2) is 18.3 Å². The molecule has 21 heavy (non-hydrogen) atoms. The summed E-state index contributed by atoms with van der Waals surface area (Å²) in [5.74, 6) is -4.09. The van der Waals surface area contributed by atoms with E-state index in [4.69, 9.17) is 5.11 Å². The fourth-order valence-corrected chi connectivity index (χ4v) is 1.68. The number of alkyl halides is 3. The van der Waals surface area contributed by atoms with Gasteiger partial charge in [-0.15, -0.1) is 5.10 Å². The van der Waals surface area contributed by atoms with E-state index in [1.807, 2.05) is 0 Å². The second-order valence-electron chi connectivity index (χ2n) is 3.95. The van der Waals surface area contributed by atoms with Gasteiger partial charge in [0.1, 0.15) is 11.6 Å². The van der Waals surface area contributed by atoms with Crippen LogP contribution in [0.5, 0.6) is 0 Å². The molecule has 0 saturated carbocycles. The summed E-state index contributed by atoms with van der Waals surface area (Å²) in [4.78, 5) is 10.7. The summed E-state index contributed by atoms with van der Waals surface area (Å²) in [6.07, 6.45) is -5.08. The fourth-order valence-electron chi connectivity index (χ4n) is 1.68. The highest BCUT2D eigenvalue weighted by atomic mass is 19.4. The third-order valence-electron chi connectivity index (χ3n) is 2.58. The van der Waals surface area contributed by atoms with Gasteiger partial charge in [-0.1, -0.05) is 11.3 Å². The van der Waals surface area contributed by atoms with Gasteiger partial charge in [0.2, 0.25) is 5.69 Å². The molecule has 2 rings (SSSR count). The molecule has 0 spiro atoms. The number of carboxylic acids is 1. The summed E-state index contributed by atoms with van der Waals surface area (Å²) in [6, 6.07) is 2.77. The van der Waals surface area contributed by atoms with Crippen LogP contribution in [0, 0.1) is 11.6 Å². The average molecular weight is 307 g/mol. The first-order valence-electron chi connectivity index (χ1n) is 5.38. The highest BCUT2D eigenvalue weighted by Crippen LogP contribution is 2.31. The van der Waals surface area contributed by atoms with E-state index >= 15 is 0 Å². The Kier molecular flexibility index (Phi) is 3.62. The van der Waals surface area contributed by atoms with Gasteiger partial charge in [-0.05, 0) is 12.1 Å². The lowest BCUT2D eigenvalue weighted by Gasteiger charge is -2.11. The summed E-state index contributed by atoms with van der Waals surface area (Å²) >= 11 is 0. The fraction of sp³-hybridized carbons (Fsp3) is 0.182. The van der Waals surface area contributed by atoms with Crippen LogP contribution in [0.4, 0.5) is 22.0 Å². The van der Waals surface area contributed by atoms with E-state index < -0.39 is 47.3 Å². The first-order valence-corrected chi connectivity index (χ1v) is 5.38. The normalized spacial score (nSPS) is 11.7. The molecule has 0 aliphatic heterocycles. The Bertz CT molecular complexity index is 675. The van der Waals surface area contributed by atoms with Gasteiger partial charge in [0.15, 0.2) is 5.69 Å². The zero-order valence-electron chi connectivity index (χ0n) is 10.0. The lowest BCUT2D eigenvalue weighted by Crippen LogP contribution is -2.19. The van der Waals surface area contributed by atoms with Gasteiger partial charge in [0.25, 0.3) is 0 Å². The molecule has 0 atom stereocenters. The quantitative estimate of drug-likeness (QED) is 0.884. The van der Waals surface area contributed by atoms with Crippen molar-refractivity contribution in [2.24, 2.45) is 0 Å². The maximum absolute atomic E-state index is 13.4. The monoisotopic (exact) mass is 307 g/mol. The van der Waals surface area contributed by atoms with Crippen LogP contribution in [0.3, 0.4) is 0 Å². The van der Waals surface area contributed by atoms with E-state index in [-0.39, 0.29) is 4.68 Å². The molecule has 0 bridgehead atoms. The lowest BCUT2D eigenvalue weighted by molar-refractivity contribution is -0.144. The van der Waals surface area contributed by atoms with Crippen molar-refractivity contribution < 1.29 is 31.9 Å². The number of rotatable bonds is 3. The number of carbonyl (C=O) groups is 1. The SMILES string of the molecule is O=C(O)c1nnn(Cc2c(F)cccc2F)c1C(F)(F)F. The Morgan fingerprint density at radius 2 is 1.81 bits per heavy atom. The molecular weight excluding hydrogens is 301 g/mol. The van der Waals surface area contributed by atoms with Crippen LogP contribution in [0.15, 0.2) is 18.2 Å². The number of halogens is 5. The average Bonchev–Trinajstić information content (AvgIpc) is 2.77. The minimum Gasteiger partial charge on any atom is -0.476 e. The van der Waals surface area contributed by atoms with Gasteiger partial charge in [-0.3, -0.25) is 0 Å². The zero-order valence-corrected chi connectivity index (χ0v) is 10.0. The van der Waals surface area contributed by atoms with E-state index in [0.29, 0.717) is 0 Å². The molecule has 2 aromatic rings. The molecule has 112 valence electrons. The van der Waals surface area contributed by atoms with Gasteiger partial charge in [0, 0.05) is 5.56 Å². The van der Waals surface area contributed by atoms with Crippen molar-refractivity contribution in [2.75, 3.05) is 0 Å². The topological polar surface area (TPSA) is 68.0 Å². The van der Waals surface area contributed by atoms with Crippen molar-refractivity contribution in [3.05, 3.63) is 46.8 Å². The Labute approximate surface area is 113 Å². The summed E-state index contributed by atoms with van der Waals surface area (Å²) in [5, 5.41) is 14.6. The predicted molar refractivity (Wildman–Crippen MR) is 57.4 cm³/mol. The largest absolute Gasteiger partial charge is 0.476 e. The maximum Gasteiger partial charge on any atom is 0.435 e. The summed E-state index contributed by atoms with van der Waals surface area (Å²) in [7, 11) is 0. The molecule has 5 nitrogen and oxygen atoms in total. The van der Waals surface area contributed by atoms with Crippen molar-refractivity contribution in [2.45, 2.75) is 12.7 Å². The first kappa shape index (κ1) is 14.9.